The van der Waals surface area contributed by atoms with Gasteiger partial charge in [-0.15, -0.1) is 0 Å². The molecule has 0 radical (unpaired) electrons. The molecule has 0 aromatic heterocycles. The van der Waals surface area contributed by atoms with Crippen LogP contribution < -0.4 is 10.1 Å². The molecule has 0 saturated heterocycles. The predicted molar refractivity (Wildman–Crippen MR) is 83.9 cm³/mol. The highest BCUT2D eigenvalue weighted by Crippen LogP contribution is 2.24. The van der Waals surface area contributed by atoms with Crippen LogP contribution in [0, 0.1) is 0 Å². The average Bonchev–Trinajstić information content (AvgIpc) is 2.37. The molecule has 1 amide bonds. The Morgan fingerprint density at radius 1 is 1.29 bits per heavy atom. The van der Waals surface area contributed by atoms with Crippen molar-refractivity contribution >= 4 is 38.9 Å². The summed E-state index contributed by atoms with van der Waals surface area (Å²) in [6.45, 7) is 3.17. The van der Waals surface area contributed by atoms with Crippen LogP contribution in [0.4, 0.5) is 0 Å². The standard InChI is InChI=1S/C13H17Cl2NO4S/c1-3-21(18,19)5-4-16-13(17)9(2)20-12-7-10(14)6-11(15)8-12/h6-9H,3-5H2,1-2H3,(H,16,17)/t9-/m1/s1. The molecule has 0 heterocycles. The van der Waals surface area contributed by atoms with Crippen molar-refractivity contribution in [3.05, 3.63) is 28.2 Å². The van der Waals surface area contributed by atoms with Gasteiger partial charge in [0.2, 0.25) is 0 Å². The van der Waals surface area contributed by atoms with Crippen molar-refractivity contribution in [1.29, 1.82) is 0 Å². The number of hydrogen-bond acceptors (Lipinski definition) is 4. The highest BCUT2D eigenvalue weighted by Gasteiger charge is 2.16. The Balaban J connectivity index is 2.51. The van der Waals surface area contributed by atoms with E-state index < -0.39 is 21.8 Å². The number of halogens is 2. The van der Waals surface area contributed by atoms with E-state index in [2.05, 4.69) is 5.32 Å². The number of benzene rings is 1. The molecule has 0 aliphatic heterocycles. The summed E-state index contributed by atoms with van der Waals surface area (Å²) in [5.74, 6) is -0.0744. The van der Waals surface area contributed by atoms with Gasteiger partial charge in [-0.25, -0.2) is 8.42 Å². The first-order valence-electron chi connectivity index (χ1n) is 6.34. The van der Waals surface area contributed by atoms with Crippen LogP contribution in [0.1, 0.15) is 13.8 Å². The van der Waals surface area contributed by atoms with E-state index in [1.54, 1.807) is 32.0 Å². The molecule has 0 fully saturated rings. The van der Waals surface area contributed by atoms with Crippen LogP contribution in [0.3, 0.4) is 0 Å². The minimum absolute atomic E-state index is 0.0515. The van der Waals surface area contributed by atoms with Gasteiger partial charge in [0.1, 0.15) is 5.75 Å². The third-order valence-electron chi connectivity index (χ3n) is 2.67. The number of ether oxygens (including phenoxy) is 1. The Labute approximate surface area is 134 Å². The molecule has 0 unspecified atom stereocenters. The van der Waals surface area contributed by atoms with E-state index in [-0.39, 0.29) is 18.1 Å². The molecule has 1 N–H and O–H groups in total. The zero-order valence-corrected chi connectivity index (χ0v) is 14.1. The lowest BCUT2D eigenvalue weighted by atomic mass is 10.3. The van der Waals surface area contributed by atoms with Crippen LogP contribution in [0.5, 0.6) is 5.75 Å². The van der Waals surface area contributed by atoms with Gasteiger partial charge in [0.05, 0.1) is 5.75 Å². The topological polar surface area (TPSA) is 72.5 Å². The second kappa shape index (κ2) is 7.87. The first-order valence-corrected chi connectivity index (χ1v) is 8.92. The largest absolute Gasteiger partial charge is 0.481 e. The number of nitrogens with one attached hydrogen (secondary N) is 1. The van der Waals surface area contributed by atoms with Gasteiger partial charge in [-0.3, -0.25) is 4.79 Å². The smallest absolute Gasteiger partial charge is 0.260 e. The highest BCUT2D eigenvalue weighted by molar-refractivity contribution is 7.91. The van der Waals surface area contributed by atoms with Crippen LogP contribution in [0.2, 0.25) is 10.0 Å². The molecule has 0 saturated carbocycles. The van der Waals surface area contributed by atoms with Gasteiger partial charge >= 0.3 is 0 Å². The number of amides is 1. The van der Waals surface area contributed by atoms with Crippen LogP contribution in [0.25, 0.3) is 0 Å². The van der Waals surface area contributed by atoms with Crippen LogP contribution in [0.15, 0.2) is 18.2 Å². The Hall–Kier alpha value is -0.980. The lowest BCUT2D eigenvalue weighted by Crippen LogP contribution is -2.38. The monoisotopic (exact) mass is 353 g/mol. The molecule has 8 heteroatoms. The quantitative estimate of drug-likeness (QED) is 0.816. The number of carbonyl (C=O) groups is 1. The maximum absolute atomic E-state index is 11.8. The molecule has 5 nitrogen and oxygen atoms in total. The minimum Gasteiger partial charge on any atom is -0.481 e. The summed E-state index contributed by atoms with van der Waals surface area (Å²) in [5, 5.41) is 3.32. The minimum atomic E-state index is -3.10. The molecular formula is C13H17Cl2NO4S. The molecule has 21 heavy (non-hydrogen) atoms. The lowest BCUT2D eigenvalue weighted by Gasteiger charge is -2.15. The van der Waals surface area contributed by atoms with Gasteiger partial charge in [0.25, 0.3) is 5.91 Å². The lowest BCUT2D eigenvalue weighted by molar-refractivity contribution is -0.127. The predicted octanol–water partition coefficient (Wildman–Crippen LogP) is 2.31. The Kier molecular flexibility index (Phi) is 6.77. The van der Waals surface area contributed by atoms with Gasteiger partial charge in [0.15, 0.2) is 15.9 Å². The summed E-state index contributed by atoms with van der Waals surface area (Å²) < 4.78 is 28.0. The van der Waals surface area contributed by atoms with Gasteiger partial charge in [0, 0.05) is 22.3 Å². The van der Waals surface area contributed by atoms with Gasteiger partial charge in [-0.2, -0.15) is 0 Å². The van der Waals surface area contributed by atoms with Crippen molar-refractivity contribution < 1.29 is 17.9 Å². The van der Waals surface area contributed by atoms with Crippen molar-refractivity contribution in [3.8, 4) is 5.75 Å². The fourth-order valence-corrected chi connectivity index (χ4v) is 2.68. The highest BCUT2D eigenvalue weighted by atomic mass is 35.5. The summed E-state index contributed by atoms with van der Waals surface area (Å²) in [4.78, 5) is 11.8. The van der Waals surface area contributed by atoms with E-state index in [9.17, 15) is 13.2 Å². The third-order valence-corrected chi connectivity index (χ3v) is 4.81. The van der Waals surface area contributed by atoms with Crippen molar-refractivity contribution in [2.24, 2.45) is 0 Å². The van der Waals surface area contributed by atoms with Crippen molar-refractivity contribution in [1.82, 2.24) is 5.32 Å². The van der Waals surface area contributed by atoms with E-state index >= 15 is 0 Å². The maximum atomic E-state index is 11.8. The summed E-state index contributed by atoms with van der Waals surface area (Å²) >= 11 is 11.7. The molecule has 0 aliphatic rings. The van der Waals surface area contributed by atoms with Crippen LogP contribution in [-0.2, 0) is 14.6 Å². The molecule has 0 bridgehead atoms. The fraction of sp³-hybridized carbons (Fsp3) is 0.462. The maximum Gasteiger partial charge on any atom is 0.260 e. The molecule has 1 aromatic rings. The van der Waals surface area contributed by atoms with E-state index in [0.29, 0.717) is 15.8 Å². The first kappa shape index (κ1) is 18.1. The van der Waals surface area contributed by atoms with Crippen LogP contribution in [-0.4, -0.2) is 38.5 Å². The zero-order valence-electron chi connectivity index (χ0n) is 11.7. The second-order valence-electron chi connectivity index (χ2n) is 4.39. The molecular weight excluding hydrogens is 337 g/mol. The van der Waals surface area contributed by atoms with Crippen LogP contribution >= 0.6 is 23.2 Å². The number of rotatable bonds is 7. The second-order valence-corrected chi connectivity index (χ2v) is 7.74. The molecule has 1 atom stereocenters. The Bertz CT molecular complexity index is 584. The summed E-state index contributed by atoms with van der Waals surface area (Å²) in [5.41, 5.74) is 0. The molecule has 1 rings (SSSR count). The Morgan fingerprint density at radius 2 is 1.86 bits per heavy atom. The van der Waals surface area contributed by atoms with Crippen molar-refractivity contribution in [3.63, 3.8) is 0 Å². The van der Waals surface area contributed by atoms with Gasteiger partial charge < -0.3 is 10.1 Å². The summed E-state index contributed by atoms with van der Waals surface area (Å²) in [7, 11) is -3.10. The summed E-state index contributed by atoms with van der Waals surface area (Å²) in [6, 6.07) is 4.63. The Morgan fingerprint density at radius 3 is 2.38 bits per heavy atom. The SMILES string of the molecule is CCS(=O)(=O)CCNC(=O)[C@@H](C)Oc1cc(Cl)cc(Cl)c1. The third kappa shape index (κ3) is 6.54. The number of sulfone groups is 1. The van der Waals surface area contributed by atoms with Gasteiger partial charge in [-0.1, -0.05) is 30.1 Å². The van der Waals surface area contributed by atoms with Crippen molar-refractivity contribution in [2.75, 3.05) is 18.1 Å². The first-order chi connectivity index (χ1) is 9.73. The number of hydrogen-bond donors (Lipinski definition) is 1. The van der Waals surface area contributed by atoms with Gasteiger partial charge in [-0.05, 0) is 25.1 Å². The van der Waals surface area contributed by atoms with Crippen molar-refractivity contribution in [2.45, 2.75) is 20.0 Å². The van der Waals surface area contributed by atoms with E-state index in [4.69, 9.17) is 27.9 Å². The fourth-order valence-electron chi connectivity index (χ4n) is 1.47. The molecule has 1 aromatic carbocycles. The average molecular weight is 354 g/mol. The molecule has 0 aliphatic carbocycles. The number of carbonyl (C=O) groups excluding carboxylic acids is 1. The van der Waals surface area contributed by atoms with E-state index in [1.807, 2.05) is 0 Å². The normalized spacial score (nSPS) is 12.8. The molecule has 118 valence electrons. The zero-order chi connectivity index (χ0) is 16.0. The molecule has 0 spiro atoms. The van der Waals surface area contributed by atoms with E-state index in [1.165, 1.54) is 0 Å². The van der Waals surface area contributed by atoms with E-state index in [0.717, 1.165) is 0 Å². The summed E-state index contributed by atoms with van der Waals surface area (Å²) in [6.07, 6.45) is -0.788.